The van der Waals surface area contributed by atoms with E-state index >= 15 is 0 Å². The number of halogens is 1. The molecule has 1 aromatic rings. The summed E-state index contributed by atoms with van der Waals surface area (Å²) >= 11 is 5.75. The summed E-state index contributed by atoms with van der Waals surface area (Å²) in [4.78, 5) is 29.2. The number of hydrogen-bond donors (Lipinski definition) is 1. The highest BCUT2D eigenvalue weighted by Crippen LogP contribution is 2.21. The minimum atomic E-state index is -3.71. The molecule has 1 N–H and O–H groups in total. The molecule has 2 rings (SSSR count). The van der Waals surface area contributed by atoms with E-state index in [0.29, 0.717) is 5.02 Å². The fraction of sp³-hybridized carbons (Fsp3) is 0.417. The second-order valence-electron chi connectivity index (χ2n) is 4.77. The van der Waals surface area contributed by atoms with Crippen molar-refractivity contribution in [2.24, 2.45) is 0 Å². The number of carbonyl (C=O) groups excluding carboxylic acids is 1. The highest BCUT2D eigenvalue weighted by Gasteiger charge is 2.35. The third kappa shape index (κ3) is 4.16. The number of nitroso groups, excluding NO2 is 1. The van der Waals surface area contributed by atoms with Gasteiger partial charge in [-0.25, -0.2) is 13.3 Å². The van der Waals surface area contributed by atoms with E-state index < -0.39 is 22.5 Å². The Bertz CT molecular complexity index is 694. The van der Waals surface area contributed by atoms with Crippen LogP contribution < -0.4 is 5.59 Å². The predicted octanol–water partition coefficient (Wildman–Crippen LogP) is -0.0247. The van der Waals surface area contributed by atoms with Gasteiger partial charge in [0.15, 0.2) is 4.87 Å². The molecule has 0 bridgehead atoms. The largest absolute Gasteiger partial charge is 0.322 e. The first kappa shape index (κ1) is 17.6. The first-order valence-electron chi connectivity index (χ1n) is 6.61. The molecule has 0 saturated carbocycles. The zero-order chi connectivity index (χ0) is 17.0. The van der Waals surface area contributed by atoms with Gasteiger partial charge in [0.2, 0.25) is 10.0 Å². The van der Waals surface area contributed by atoms with Gasteiger partial charge in [-0.3, -0.25) is 4.79 Å². The molecular weight excluding hydrogens is 348 g/mol. The third-order valence-corrected chi connectivity index (χ3v) is 5.32. The van der Waals surface area contributed by atoms with Crippen molar-refractivity contribution in [2.75, 3.05) is 33.4 Å². The van der Waals surface area contributed by atoms with Crippen molar-refractivity contribution in [2.45, 2.75) is 4.90 Å². The number of rotatable bonds is 6. The lowest BCUT2D eigenvalue weighted by Gasteiger charge is -2.17. The van der Waals surface area contributed by atoms with Crippen LogP contribution in [0.5, 0.6) is 0 Å². The van der Waals surface area contributed by atoms with E-state index in [1.165, 1.54) is 40.6 Å². The average Bonchev–Trinajstić information content (AvgIpc) is 2.98. The maximum atomic E-state index is 12.5. The van der Waals surface area contributed by atoms with Crippen molar-refractivity contribution in [3.05, 3.63) is 34.2 Å². The van der Waals surface area contributed by atoms with E-state index in [1.54, 1.807) is 0 Å². The predicted molar refractivity (Wildman–Crippen MR) is 80.6 cm³/mol. The SMILES string of the molecule is CON[N+](=O)CC(=O)N1CCN(S(=O)(=O)c2ccc(Cl)cc2)C1. The smallest absolute Gasteiger partial charge is 0.304 e. The van der Waals surface area contributed by atoms with E-state index in [9.17, 15) is 18.1 Å². The van der Waals surface area contributed by atoms with Crippen LogP contribution in [0.1, 0.15) is 0 Å². The van der Waals surface area contributed by atoms with Crippen LogP contribution >= 0.6 is 11.6 Å². The van der Waals surface area contributed by atoms with Gasteiger partial charge < -0.3 is 4.90 Å². The first-order valence-corrected chi connectivity index (χ1v) is 8.43. The summed E-state index contributed by atoms with van der Waals surface area (Å²) in [6.07, 6.45) is 0. The van der Waals surface area contributed by atoms with Gasteiger partial charge in [-0.15, -0.1) is 0 Å². The molecule has 126 valence electrons. The van der Waals surface area contributed by atoms with Crippen LogP contribution in [0, 0.1) is 4.91 Å². The van der Waals surface area contributed by atoms with E-state index in [2.05, 4.69) is 4.84 Å². The zero-order valence-electron chi connectivity index (χ0n) is 12.3. The normalized spacial score (nSPS) is 15.7. The van der Waals surface area contributed by atoms with Crippen molar-refractivity contribution < 1.29 is 22.9 Å². The minimum absolute atomic E-state index is 0.0997. The van der Waals surface area contributed by atoms with Gasteiger partial charge in [-0.1, -0.05) is 11.6 Å². The maximum absolute atomic E-state index is 12.5. The number of benzene rings is 1. The summed E-state index contributed by atoms with van der Waals surface area (Å²) in [5.74, 6) is -0.502. The van der Waals surface area contributed by atoms with Crippen molar-refractivity contribution in [3.8, 4) is 0 Å². The lowest BCUT2D eigenvalue weighted by molar-refractivity contribution is -0.649. The maximum Gasteiger partial charge on any atom is 0.304 e. The van der Waals surface area contributed by atoms with Crippen molar-refractivity contribution in [1.29, 1.82) is 0 Å². The van der Waals surface area contributed by atoms with Crippen LogP contribution in [-0.4, -0.2) is 61.8 Å². The van der Waals surface area contributed by atoms with Gasteiger partial charge in [-0.05, 0) is 29.9 Å². The van der Waals surface area contributed by atoms with Gasteiger partial charge >= 0.3 is 6.54 Å². The highest BCUT2D eigenvalue weighted by molar-refractivity contribution is 7.89. The first-order chi connectivity index (χ1) is 10.8. The summed E-state index contributed by atoms with van der Waals surface area (Å²) in [7, 11) is -2.47. The molecule has 0 radical (unpaired) electrons. The Morgan fingerprint density at radius 1 is 1.35 bits per heavy atom. The molecule has 0 aliphatic carbocycles. The molecule has 1 heterocycles. The summed E-state index contributed by atoms with van der Waals surface area (Å²) < 4.78 is 26.1. The molecule has 23 heavy (non-hydrogen) atoms. The zero-order valence-corrected chi connectivity index (χ0v) is 13.9. The van der Waals surface area contributed by atoms with Gasteiger partial charge in [0.05, 0.1) is 23.6 Å². The Labute approximate surface area is 138 Å². The standard InChI is InChI=1S/C12H16ClN4O5S/c1-22-14-17(19)8-12(18)15-6-7-16(9-15)23(20,21)11-4-2-10(13)3-5-11/h2-5H,6-9H2,1H3,(H,14,19)/q+1. The number of hydrogen-bond acceptors (Lipinski definition) is 5. The van der Waals surface area contributed by atoms with Crippen molar-refractivity contribution >= 4 is 27.5 Å². The molecule has 1 saturated heterocycles. The van der Waals surface area contributed by atoms with E-state index in [-0.39, 0.29) is 29.5 Å². The van der Waals surface area contributed by atoms with E-state index in [1.807, 2.05) is 5.59 Å². The van der Waals surface area contributed by atoms with E-state index in [4.69, 9.17) is 11.6 Å². The molecule has 0 unspecified atom stereocenters. The Morgan fingerprint density at radius 2 is 2.00 bits per heavy atom. The molecule has 1 aliphatic rings. The number of carbonyl (C=O) groups is 1. The molecule has 9 nitrogen and oxygen atoms in total. The molecule has 0 atom stereocenters. The minimum Gasteiger partial charge on any atom is -0.322 e. The molecule has 0 spiro atoms. The monoisotopic (exact) mass is 363 g/mol. The topological polar surface area (TPSA) is 99.0 Å². The Balaban J connectivity index is 2.03. The van der Waals surface area contributed by atoms with Crippen LogP contribution in [0.25, 0.3) is 0 Å². The van der Waals surface area contributed by atoms with Gasteiger partial charge in [0.1, 0.15) is 0 Å². The Hall–Kier alpha value is -1.75. The lowest BCUT2D eigenvalue weighted by atomic mass is 10.4. The number of nitrogens with zero attached hydrogens (tertiary/aromatic N) is 3. The fourth-order valence-electron chi connectivity index (χ4n) is 2.08. The van der Waals surface area contributed by atoms with Crippen molar-refractivity contribution in [3.63, 3.8) is 0 Å². The molecule has 11 heteroatoms. The van der Waals surface area contributed by atoms with Crippen LogP contribution in [0.2, 0.25) is 5.02 Å². The fourth-order valence-corrected chi connectivity index (χ4v) is 3.59. The molecule has 1 aliphatic heterocycles. The molecular formula is C12H16ClN4O5S+. The molecule has 1 amide bonds. The Kier molecular flexibility index (Phi) is 5.52. The van der Waals surface area contributed by atoms with Gasteiger partial charge in [-0.2, -0.15) is 4.31 Å². The Morgan fingerprint density at radius 3 is 2.61 bits per heavy atom. The second-order valence-corrected chi connectivity index (χ2v) is 7.14. The third-order valence-electron chi connectivity index (χ3n) is 3.22. The van der Waals surface area contributed by atoms with Crippen LogP contribution in [-0.2, 0) is 19.7 Å². The van der Waals surface area contributed by atoms with E-state index in [0.717, 1.165) is 0 Å². The van der Waals surface area contributed by atoms with Crippen LogP contribution in [0.15, 0.2) is 29.2 Å². The quantitative estimate of drug-likeness (QED) is 0.563. The number of amides is 1. The number of sulfonamides is 1. The number of nitrogens with one attached hydrogen (secondary N) is 1. The molecule has 0 aromatic heterocycles. The summed E-state index contributed by atoms with van der Waals surface area (Å²) in [6, 6.07) is 5.78. The molecule has 1 aromatic carbocycles. The average molecular weight is 364 g/mol. The van der Waals surface area contributed by atoms with Crippen molar-refractivity contribution in [1.82, 2.24) is 14.8 Å². The summed E-state index contributed by atoms with van der Waals surface area (Å²) in [5.41, 5.74) is 1.96. The summed E-state index contributed by atoms with van der Waals surface area (Å²) in [5, 5.41) is 0.434. The van der Waals surface area contributed by atoms with Gasteiger partial charge in [0, 0.05) is 18.1 Å². The van der Waals surface area contributed by atoms with Crippen LogP contribution in [0.3, 0.4) is 0 Å². The molecule has 1 fully saturated rings. The summed E-state index contributed by atoms with van der Waals surface area (Å²) in [6.45, 7) is -0.215. The highest BCUT2D eigenvalue weighted by atomic mass is 35.5. The number of hydrazine groups is 1. The lowest BCUT2D eigenvalue weighted by Crippen LogP contribution is -2.40. The second kappa shape index (κ2) is 7.21. The van der Waals surface area contributed by atoms with Crippen LogP contribution in [0.4, 0.5) is 0 Å². The van der Waals surface area contributed by atoms with Gasteiger partial charge in [0.25, 0.3) is 5.91 Å².